The molecule has 1 aromatic carbocycles. The summed E-state index contributed by atoms with van der Waals surface area (Å²) in [6, 6.07) is 7.17. The Morgan fingerprint density at radius 3 is 2.85 bits per heavy atom. The standard InChI is InChI=1S/C16H21FN2O/c1-11(2)15-9-12(10-18-7-8-20-3)13-5-4-6-14(17)16(13)19-15/h4-6,9,11,18H,7-8,10H2,1-3H3. The molecule has 1 N–H and O–H groups in total. The van der Waals surface area contributed by atoms with E-state index in [4.69, 9.17) is 4.74 Å². The molecular weight excluding hydrogens is 255 g/mol. The highest BCUT2D eigenvalue weighted by Crippen LogP contribution is 2.24. The molecular formula is C16H21FN2O. The Morgan fingerprint density at radius 1 is 1.35 bits per heavy atom. The number of ether oxygens (including phenoxy) is 1. The topological polar surface area (TPSA) is 34.1 Å². The number of benzene rings is 1. The Morgan fingerprint density at radius 2 is 2.15 bits per heavy atom. The van der Waals surface area contributed by atoms with Crippen LogP contribution in [-0.4, -0.2) is 25.2 Å². The Labute approximate surface area is 119 Å². The van der Waals surface area contributed by atoms with Crippen LogP contribution in [0.1, 0.15) is 31.0 Å². The molecule has 0 radical (unpaired) electrons. The molecule has 4 heteroatoms. The van der Waals surface area contributed by atoms with Gasteiger partial charge in [0.15, 0.2) is 0 Å². The van der Waals surface area contributed by atoms with E-state index in [0.29, 0.717) is 18.7 Å². The summed E-state index contributed by atoms with van der Waals surface area (Å²) in [5, 5.41) is 4.18. The van der Waals surface area contributed by atoms with Gasteiger partial charge >= 0.3 is 0 Å². The van der Waals surface area contributed by atoms with Crippen molar-refractivity contribution in [3.05, 3.63) is 41.3 Å². The lowest BCUT2D eigenvalue weighted by Gasteiger charge is -2.13. The van der Waals surface area contributed by atoms with Gasteiger partial charge in [-0.25, -0.2) is 9.37 Å². The van der Waals surface area contributed by atoms with E-state index >= 15 is 0 Å². The van der Waals surface area contributed by atoms with Crippen molar-refractivity contribution in [1.29, 1.82) is 0 Å². The highest BCUT2D eigenvalue weighted by Gasteiger charge is 2.11. The Bertz CT molecular complexity index is 584. The SMILES string of the molecule is COCCNCc1cc(C(C)C)nc2c(F)cccc12. The number of hydrogen-bond acceptors (Lipinski definition) is 3. The van der Waals surface area contributed by atoms with E-state index in [1.807, 2.05) is 6.07 Å². The summed E-state index contributed by atoms with van der Waals surface area (Å²) in [5.41, 5.74) is 2.46. The third kappa shape index (κ3) is 3.32. The molecule has 0 atom stereocenters. The molecule has 0 fully saturated rings. The molecule has 0 saturated carbocycles. The van der Waals surface area contributed by atoms with Crippen molar-refractivity contribution in [2.24, 2.45) is 0 Å². The molecule has 1 heterocycles. The smallest absolute Gasteiger partial charge is 0.149 e. The highest BCUT2D eigenvalue weighted by molar-refractivity contribution is 5.83. The molecule has 2 aromatic rings. The first-order valence-electron chi connectivity index (χ1n) is 6.91. The first-order valence-corrected chi connectivity index (χ1v) is 6.91. The van der Waals surface area contributed by atoms with Gasteiger partial charge in [-0.1, -0.05) is 26.0 Å². The lowest BCUT2D eigenvalue weighted by Crippen LogP contribution is -2.19. The minimum absolute atomic E-state index is 0.261. The molecule has 0 bridgehead atoms. The van der Waals surface area contributed by atoms with Gasteiger partial charge in [-0.05, 0) is 23.6 Å². The van der Waals surface area contributed by atoms with Crippen LogP contribution in [0.15, 0.2) is 24.3 Å². The van der Waals surface area contributed by atoms with Crippen LogP contribution in [0, 0.1) is 5.82 Å². The molecule has 0 saturated heterocycles. The van der Waals surface area contributed by atoms with Gasteiger partial charge in [0.05, 0.1) is 6.61 Å². The van der Waals surface area contributed by atoms with Gasteiger partial charge in [0.25, 0.3) is 0 Å². The fourth-order valence-electron chi connectivity index (χ4n) is 2.15. The van der Waals surface area contributed by atoms with Gasteiger partial charge in [-0.15, -0.1) is 0 Å². The number of pyridine rings is 1. The van der Waals surface area contributed by atoms with E-state index in [-0.39, 0.29) is 11.7 Å². The molecule has 2 rings (SSSR count). The van der Waals surface area contributed by atoms with Crippen LogP contribution in [0.25, 0.3) is 10.9 Å². The zero-order chi connectivity index (χ0) is 14.5. The third-order valence-corrected chi connectivity index (χ3v) is 3.29. The quantitative estimate of drug-likeness (QED) is 0.822. The second-order valence-electron chi connectivity index (χ2n) is 5.17. The molecule has 0 aliphatic carbocycles. The lowest BCUT2D eigenvalue weighted by atomic mass is 10.0. The summed E-state index contributed by atoms with van der Waals surface area (Å²) in [7, 11) is 1.68. The minimum Gasteiger partial charge on any atom is -0.383 e. The maximum atomic E-state index is 13.9. The molecule has 20 heavy (non-hydrogen) atoms. The fourth-order valence-corrected chi connectivity index (χ4v) is 2.15. The van der Waals surface area contributed by atoms with E-state index in [1.165, 1.54) is 6.07 Å². The zero-order valence-corrected chi connectivity index (χ0v) is 12.2. The van der Waals surface area contributed by atoms with Crippen LogP contribution in [0.4, 0.5) is 4.39 Å². The van der Waals surface area contributed by atoms with E-state index in [0.717, 1.165) is 23.2 Å². The fraction of sp³-hybridized carbons (Fsp3) is 0.438. The van der Waals surface area contributed by atoms with Crippen molar-refractivity contribution < 1.29 is 9.13 Å². The number of fused-ring (bicyclic) bond motifs is 1. The molecule has 3 nitrogen and oxygen atoms in total. The Hall–Kier alpha value is -1.52. The highest BCUT2D eigenvalue weighted by atomic mass is 19.1. The van der Waals surface area contributed by atoms with Crippen molar-refractivity contribution >= 4 is 10.9 Å². The van der Waals surface area contributed by atoms with Crippen molar-refractivity contribution in [2.75, 3.05) is 20.3 Å². The van der Waals surface area contributed by atoms with Gasteiger partial charge in [-0.3, -0.25) is 0 Å². The maximum absolute atomic E-state index is 13.9. The number of methoxy groups -OCH3 is 1. The first-order chi connectivity index (χ1) is 9.63. The number of para-hydroxylation sites is 1. The molecule has 1 aromatic heterocycles. The largest absolute Gasteiger partial charge is 0.383 e. The summed E-state index contributed by atoms with van der Waals surface area (Å²) in [5.74, 6) is 0.0138. The van der Waals surface area contributed by atoms with Crippen molar-refractivity contribution in [3.63, 3.8) is 0 Å². The minimum atomic E-state index is -0.261. The van der Waals surface area contributed by atoms with Crippen molar-refractivity contribution in [1.82, 2.24) is 10.3 Å². The van der Waals surface area contributed by atoms with E-state index in [1.54, 1.807) is 13.2 Å². The van der Waals surface area contributed by atoms with Crippen LogP contribution < -0.4 is 5.32 Å². The summed E-state index contributed by atoms with van der Waals surface area (Å²) < 4.78 is 19.0. The predicted octanol–water partition coefficient (Wildman–Crippen LogP) is 3.23. The Kier molecular flexibility index (Phi) is 5.04. The number of nitrogens with one attached hydrogen (secondary N) is 1. The van der Waals surface area contributed by atoms with Gasteiger partial charge in [0.2, 0.25) is 0 Å². The second kappa shape index (κ2) is 6.77. The summed E-state index contributed by atoms with van der Waals surface area (Å²) in [6.45, 7) is 6.25. The number of halogens is 1. The van der Waals surface area contributed by atoms with Crippen molar-refractivity contribution in [2.45, 2.75) is 26.3 Å². The first kappa shape index (κ1) is 14.9. The van der Waals surface area contributed by atoms with Gasteiger partial charge < -0.3 is 10.1 Å². The number of nitrogens with zero attached hydrogens (tertiary/aromatic N) is 1. The molecule has 0 aliphatic heterocycles. The van der Waals surface area contributed by atoms with E-state index in [2.05, 4.69) is 30.2 Å². The zero-order valence-electron chi connectivity index (χ0n) is 12.2. The third-order valence-electron chi connectivity index (χ3n) is 3.29. The van der Waals surface area contributed by atoms with E-state index in [9.17, 15) is 4.39 Å². The van der Waals surface area contributed by atoms with Crippen LogP contribution in [0.3, 0.4) is 0 Å². The maximum Gasteiger partial charge on any atom is 0.149 e. The average Bonchev–Trinajstić information content (AvgIpc) is 2.44. The number of rotatable bonds is 6. The van der Waals surface area contributed by atoms with E-state index < -0.39 is 0 Å². The molecule has 0 aliphatic rings. The Balaban J connectivity index is 2.37. The number of hydrogen-bond donors (Lipinski definition) is 1. The second-order valence-corrected chi connectivity index (χ2v) is 5.17. The van der Waals surface area contributed by atoms with Crippen LogP contribution in [0.5, 0.6) is 0 Å². The van der Waals surface area contributed by atoms with Crippen LogP contribution in [-0.2, 0) is 11.3 Å². The predicted molar refractivity (Wildman–Crippen MR) is 79.4 cm³/mol. The van der Waals surface area contributed by atoms with Gasteiger partial charge in [0.1, 0.15) is 11.3 Å². The van der Waals surface area contributed by atoms with Gasteiger partial charge in [-0.2, -0.15) is 0 Å². The molecule has 0 unspecified atom stereocenters. The molecule has 0 amide bonds. The lowest BCUT2D eigenvalue weighted by molar-refractivity contribution is 0.199. The van der Waals surface area contributed by atoms with Gasteiger partial charge in [0, 0.05) is 31.3 Å². The van der Waals surface area contributed by atoms with Crippen LogP contribution in [0.2, 0.25) is 0 Å². The van der Waals surface area contributed by atoms with Crippen LogP contribution >= 0.6 is 0 Å². The normalized spacial score (nSPS) is 11.4. The monoisotopic (exact) mass is 276 g/mol. The summed E-state index contributed by atoms with van der Waals surface area (Å²) in [6.07, 6.45) is 0. The average molecular weight is 276 g/mol. The summed E-state index contributed by atoms with van der Waals surface area (Å²) in [4.78, 5) is 4.45. The molecule has 108 valence electrons. The molecule has 0 spiro atoms. The summed E-state index contributed by atoms with van der Waals surface area (Å²) >= 11 is 0. The number of aromatic nitrogens is 1. The van der Waals surface area contributed by atoms with Crippen molar-refractivity contribution in [3.8, 4) is 0 Å².